The third-order valence-electron chi connectivity index (χ3n) is 4.47. The Morgan fingerprint density at radius 3 is 2.48 bits per heavy atom. The third kappa shape index (κ3) is 6.19. The molecule has 0 aromatic heterocycles. The second kappa shape index (κ2) is 9.67. The molecule has 6 heteroatoms. The van der Waals surface area contributed by atoms with Crippen molar-refractivity contribution in [1.29, 1.82) is 5.41 Å². The van der Waals surface area contributed by atoms with Gasteiger partial charge in [-0.1, -0.05) is 13.0 Å². The summed E-state index contributed by atoms with van der Waals surface area (Å²) in [5, 5.41) is 8.20. The molecular formula is C21H27FN3OS+. The summed E-state index contributed by atoms with van der Waals surface area (Å²) in [6.45, 7) is 8.25. The molecule has 2 aromatic carbocycles. The fourth-order valence-corrected chi connectivity index (χ4v) is 2.82. The van der Waals surface area contributed by atoms with Gasteiger partial charge in [0.15, 0.2) is 5.84 Å². The van der Waals surface area contributed by atoms with E-state index >= 15 is 0 Å². The largest absolute Gasteiger partial charge is 0.414 e. The molecule has 0 unspecified atom stereocenters. The Hall–Kier alpha value is -2.18. The van der Waals surface area contributed by atoms with Gasteiger partial charge in [0.25, 0.3) is 0 Å². The molecular weight excluding hydrogens is 361 g/mol. The number of benzene rings is 2. The zero-order valence-corrected chi connectivity index (χ0v) is 17.3. The van der Waals surface area contributed by atoms with Gasteiger partial charge in [-0.05, 0) is 80.9 Å². The molecule has 4 nitrogen and oxygen atoms in total. The van der Waals surface area contributed by atoms with Gasteiger partial charge in [-0.25, -0.2) is 4.39 Å². The van der Waals surface area contributed by atoms with Crippen LogP contribution in [0.1, 0.15) is 29.2 Å². The standard InChI is InChI=1S/C21H26FN3OS/c1-5-25(4)11-10-17-12-15(3)19(13-14(17)2)26-21(27)24-20(23)16-6-8-18(22)9-7-16/h6-9,12-13H,5,10-11H2,1-4H3,(H2,23,24,27)/p+1. The van der Waals surface area contributed by atoms with Crippen molar-refractivity contribution in [2.24, 2.45) is 4.99 Å². The number of amidine groups is 1. The minimum atomic E-state index is -0.346. The minimum Gasteiger partial charge on any atom is -0.402 e. The Labute approximate surface area is 166 Å². The average molecular weight is 389 g/mol. The van der Waals surface area contributed by atoms with Crippen LogP contribution in [0.4, 0.5) is 4.39 Å². The number of aliphatic imine (C=N–C) groups is 1. The summed E-state index contributed by atoms with van der Waals surface area (Å²) in [5.41, 5.74) is 3.98. The summed E-state index contributed by atoms with van der Waals surface area (Å²) < 4.78 is 18.8. The van der Waals surface area contributed by atoms with E-state index < -0.39 is 0 Å². The van der Waals surface area contributed by atoms with Crippen molar-refractivity contribution >= 4 is 23.7 Å². The second-order valence-electron chi connectivity index (χ2n) is 6.56. The Kier molecular flexibility index (Phi) is 7.56. The zero-order valence-electron chi connectivity index (χ0n) is 16.3. The van der Waals surface area contributed by atoms with Gasteiger partial charge in [0, 0.05) is 12.1 Å². The predicted molar refractivity (Wildman–Crippen MR) is 114 cm³/mol. The van der Waals surface area contributed by atoms with Gasteiger partial charge in [-0.15, -0.1) is 4.99 Å². The van der Waals surface area contributed by atoms with Crippen molar-refractivity contribution in [3.8, 4) is 5.75 Å². The van der Waals surface area contributed by atoms with E-state index in [1.54, 1.807) is 0 Å². The molecule has 0 radical (unpaired) electrons. The number of hydrogen-bond donors (Lipinski definition) is 1. The van der Waals surface area contributed by atoms with Crippen LogP contribution in [-0.2, 0) is 19.0 Å². The molecule has 0 fully saturated rings. The summed E-state index contributed by atoms with van der Waals surface area (Å²) in [7, 11) is 2.11. The number of rotatable bonds is 6. The number of halogens is 1. The highest BCUT2D eigenvalue weighted by Gasteiger charge is 2.12. The van der Waals surface area contributed by atoms with E-state index in [4.69, 9.17) is 10.1 Å². The normalized spacial score (nSPS) is 11.7. The van der Waals surface area contributed by atoms with Crippen LogP contribution in [0.3, 0.4) is 0 Å². The highest BCUT2D eigenvalue weighted by molar-refractivity contribution is 7.77. The van der Waals surface area contributed by atoms with Crippen LogP contribution >= 0.6 is 0 Å². The zero-order chi connectivity index (χ0) is 20.0. The van der Waals surface area contributed by atoms with Crippen molar-refractivity contribution < 1.29 is 9.13 Å². The lowest BCUT2D eigenvalue weighted by atomic mass is 10.0. The molecule has 144 valence electrons. The minimum absolute atomic E-state index is 0.00593. The summed E-state index contributed by atoms with van der Waals surface area (Å²) in [6, 6.07) is 9.76. The lowest BCUT2D eigenvalue weighted by Crippen LogP contribution is -2.20. The van der Waals surface area contributed by atoms with Crippen molar-refractivity contribution in [2.45, 2.75) is 27.2 Å². The van der Waals surface area contributed by atoms with Crippen LogP contribution < -0.4 is 4.74 Å². The Balaban J connectivity index is 2.10. The number of ether oxygens (including phenoxy) is 1. The highest BCUT2D eigenvalue weighted by atomic mass is 32.1. The number of hydrogen-bond acceptors (Lipinski definition) is 3. The first-order valence-electron chi connectivity index (χ1n) is 8.91. The van der Waals surface area contributed by atoms with Crippen LogP contribution in [-0.4, -0.2) is 36.1 Å². The van der Waals surface area contributed by atoms with E-state index in [-0.39, 0.29) is 16.9 Å². The van der Waals surface area contributed by atoms with Crippen molar-refractivity contribution in [1.82, 2.24) is 4.90 Å². The topological polar surface area (TPSA) is 48.7 Å². The van der Waals surface area contributed by atoms with E-state index in [0.29, 0.717) is 11.3 Å². The van der Waals surface area contributed by atoms with Crippen molar-refractivity contribution in [3.63, 3.8) is 0 Å². The first-order chi connectivity index (χ1) is 12.8. The van der Waals surface area contributed by atoms with Crippen LogP contribution in [0.25, 0.3) is 0 Å². The van der Waals surface area contributed by atoms with Crippen molar-refractivity contribution in [2.75, 3.05) is 20.1 Å². The molecule has 0 atom stereocenters. The number of aryl methyl sites for hydroxylation is 2. The monoisotopic (exact) mass is 388 g/mol. The van der Waals surface area contributed by atoms with Crippen LogP contribution in [0.2, 0.25) is 0 Å². The molecule has 27 heavy (non-hydrogen) atoms. The molecule has 0 amide bonds. The fourth-order valence-electron chi connectivity index (χ4n) is 2.60. The number of nitrogens with one attached hydrogen (secondary N) is 1. The van der Waals surface area contributed by atoms with E-state index in [1.165, 1.54) is 29.8 Å². The first kappa shape index (κ1) is 21.1. The van der Waals surface area contributed by atoms with Gasteiger partial charge in [-0.3, -0.25) is 5.41 Å². The van der Waals surface area contributed by atoms with Gasteiger partial charge in [-0.2, -0.15) is 0 Å². The Morgan fingerprint density at radius 2 is 1.85 bits per heavy atom. The van der Waals surface area contributed by atoms with Gasteiger partial charge in [0.2, 0.25) is 0 Å². The summed E-state index contributed by atoms with van der Waals surface area (Å²) in [4.78, 5) is 6.38. The van der Waals surface area contributed by atoms with Gasteiger partial charge in [0.05, 0.1) is 12.6 Å². The van der Waals surface area contributed by atoms with Crippen LogP contribution in [0, 0.1) is 25.1 Å². The summed E-state index contributed by atoms with van der Waals surface area (Å²) >= 11 is 3.33. The lowest BCUT2D eigenvalue weighted by Gasteiger charge is -2.16. The maximum atomic E-state index is 13.0. The summed E-state index contributed by atoms with van der Waals surface area (Å²) in [5.74, 6) is 0.344. The van der Waals surface area contributed by atoms with Crippen LogP contribution in [0.15, 0.2) is 41.4 Å². The molecule has 0 aliphatic rings. The van der Waals surface area contributed by atoms with Crippen LogP contribution in [0.5, 0.6) is 5.75 Å². The molecule has 0 spiro atoms. The number of likely N-dealkylation sites (N-methyl/N-ethyl adjacent to an activating group) is 1. The number of nitrogens with zero attached hydrogens (tertiary/aromatic N) is 2. The Morgan fingerprint density at radius 1 is 1.19 bits per heavy atom. The molecule has 0 aliphatic heterocycles. The van der Waals surface area contributed by atoms with Crippen molar-refractivity contribution in [3.05, 3.63) is 64.5 Å². The smallest absolute Gasteiger partial charge is 0.402 e. The predicted octanol–water partition coefficient (Wildman–Crippen LogP) is 3.71. The molecule has 0 saturated carbocycles. The molecule has 2 aromatic rings. The summed E-state index contributed by atoms with van der Waals surface area (Å²) in [6.07, 6.45) is 0.987. The van der Waals surface area contributed by atoms with Gasteiger partial charge in [0.1, 0.15) is 11.6 Å². The molecule has 2 rings (SSSR count). The molecule has 0 heterocycles. The molecule has 0 saturated heterocycles. The van der Waals surface area contributed by atoms with E-state index in [9.17, 15) is 4.39 Å². The Bertz CT molecular complexity index is 834. The maximum absolute atomic E-state index is 13.0. The highest BCUT2D eigenvalue weighted by Crippen LogP contribution is 2.24. The average Bonchev–Trinajstić information content (AvgIpc) is 2.63. The second-order valence-corrected chi connectivity index (χ2v) is 6.99. The van der Waals surface area contributed by atoms with E-state index in [2.05, 4.69) is 49.5 Å². The quantitative estimate of drug-likeness (QED) is 0.466. The maximum Gasteiger partial charge on any atom is 0.414 e. The third-order valence-corrected chi connectivity index (χ3v) is 4.69. The lowest BCUT2D eigenvalue weighted by molar-refractivity contribution is 0.357. The van der Waals surface area contributed by atoms with Gasteiger partial charge < -0.3 is 9.64 Å². The van der Waals surface area contributed by atoms with Gasteiger partial charge >= 0.3 is 5.23 Å². The fraction of sp³-hybridized carbons (Fsp3) is 0.333. The van der Waals surface area contributed by atoms with E-state index in [1.807, 2.05) is 13.0 Å². The molecule has 0 aliphatic carbocycles. The first-order valence-corrected chi connectivity index (χ1v) is 9.41. The van der Waals surface area contributed by atoms with E-state index in [0.717, 1.165) is 30.6 Å². The molecule has 0 bridgehead atoms. The SMILES string of the molecule is CCN(C)CCc1cc(C)c(OC([SH2+])=NC(=N)c2ccc(F)cc2)cc1C. The molecule has 1 N–H and O–H groups in total.